The minimum Gasteiger partial charge on any atom is -0.497 e. The number of halogens is 2. The summed E-state index contributed by atoms with van der Waals surface area (Å²) in [5.74, 6) is -1.28. The first-order valence-electron chi connectivity index (χ1n) is 10.3. The first kappa shape index (κ1) is 27.4. The van der Waals surface area contributed by atoms with Gasteiger partial charge in [-0.05, 0) is 30.3 Å². The molecule has 14 heteroatoms. The van der Waals surface area contributed by atoms with Crippen molar-refractivity contribution in [2.45, 2.75) is 4.90 Å². The van der Waals surface area contributed by atoms with E-state index in [1.54, 1.807) is 0 Å². The number of anilines is 1. The molecule has 0 bridgehead atoms. The van der Waals surface area contributed by atoms with Gasteiger partial charge in [-0.2, -0.15) is 5.10 Å². The van der Waals surface area contributed by atoms with Crippen molar-refractivity contribution in [1.82, 2.24) is 5.43 Å². The lowest BCUT2D eigenvalue weighted by Gasteiger charge is -2.25. The lowest BCUT2D eigenvalue weighted by molar-refractivity contribution is -0.387. The fraction of sp³-hybridized carbons (Fsp3) is 0.130. The molecule has 194 valence electrons. The molecule has 0 aromatic heterocycles. The Bertz CT molecular complexity index is 1450. The van der Waals surface area contributed by atoms with Gasteiger partial charge < -0.3 is 9.47 Å². The van der Waals surface area contributed by atoms with Gasteiger partial charge >= 0.3 is 0 Å². The van der Waals surface area contributed by atoms with Crippen LogP contribution in [-0.2, 0) is 14.8 Å². The highest BCUT2D eigenvalue weighted by atomic mass is 35.5. The molecular weight excluding hydrogens is 531 g/mol. The molecule has 0 unspecified atom stereocenters. The SMILES string of the molecule is COc1ccc(N(CC(=O)N/N=C\c2c(F)cccc2Cl)S(=O)(=O)c2ccccc2[N+](=O)[O-])c(OC)c1. The summed E-state index contributed by atoms with van der Waals surface area (Å²) in [6.07, 6.45) is 0.963. The number of carbonyl (C=O) groups is 1. The average molecular weight is 551 g/mol. The summed E-state index contributed by atoms with van der Waals surface area (Å²) in [5.41, 5.74) is 1.23. The molecule has 0 saturated heterocycles. The zero-order valence-corrected chi connectivity index (χ0v) is 21.0. The van der Waals surface area contributed by atoms with Gasteiger partial charge in [-0.1, -0.05) is 29.8 Å². The van der Waals surface area contributed by atoms with Gasteiger partial charge in [0.2, 0.25) is 0 Å². The van der Waals surface area contributed by atoms with Crippen molar-refractivity contribution in [3.05, 3.63) is 87.2 Å². The molecule has 0 saturated carbocycles. The summed E-state index contributed by atoms with van der Waals surface area (Å²) in [6, 6.07) is 12.8. The summed E-state index contributed by atoms with van der Waals surface area (Å²) in [6.45, 7) is -0.862. The van der Waals surface area contributed by atoms with Crippen LogP contribution in [0.25, 0.3) is 0 Å². The fourth-order valence-corrected chi connectivity index (χ4v) is 5.01. The smallest absolute Gasteiger partial charge is 0.289 e. The molecule has 3 aromatic carbocycles. The second-order valence-electron chi connectivity index (χ2n) is 7.20. The van der Waals surface area contributed by atoms with E-state index in [2.05, 4.69) is 10.5 Å². The van der Waals surface area contributed by atoms with Crippen LogP contribution < -0.4 is 19.2 Å². The Morgan fingerprint density at radius 2 is 1.89 bits per heavy atom. The molecule has 0 radical (unpaired) electrons. The van der Waals surface area contributed by atoms with E-state index in [1.807, 2.05) is 0 Å². The minimum atomic E-state index is -4.69. The normalized spacial score (nSPS) is 11.2. The lowest BCUT2D eigenvalue weighted by Crippen LogP contribution is -2.40. The molecule has 0 aliphatic rings. The molecule has 0 spiro atoms. The maximum Gasteiger partial charge on any atom is 0.289 e. The largest absolute Gasteiger partial charge is 0.497 e. The number of rotatable bonds is 10. The Morgan fingerprint density at radius 3 is 2.54 bits per heavy atom. The van der Waals surface area contributed by atoms with E-state index in [1.165, 1.54) is 56.7 Å². The lowest BCUT2D eigenvalue weighted by atomic mass is 10.2. The number of benzene rings is 3. The quantitative estimate of drug-likeness (QED) is 0.230. The number of nitrogens with zero attached hydrogens (tertiary/aromatic N) is 3. The first-order chi connectivity index (χ1) is 17.6. The molecule has 0 fully saturated rings. The number of amides is 1. The van der Waals surface area contributed by atoms with E-state index < -0.39 is 43.8 Å². The van der Waals surface area contributed by atoms with Crippen molar-refractivity contribution in [1.29, 1.82) is 0 Å². The maximum absolute atomic E-state index is 13.9. The van der Waals surface area contributed by atoms with Crippen LogP contribution in [0.1, 0.15) is 5.56 Å². The highest BCUT2D eigenvalue weighted by Crippen LogP contribution is 2.37. The van der Waals surface area contributed by atoms with Crippen LogP contribution in [0.5, 0.6) is 11.5 Å². The second-order valence-corrected chi connectivity index (χ2v) is 9.44. The minimum absolute atomic E-state index is 0.0101. The number of ether oxygens (including phenoxy) is 2. The molecule has 1 N–H and O–H groups in total. The second kappa shape index (κ2) is 11.7. The van der Waals surface area contributed by atoms with Gasteiger partial charge in [0.1, 0.15) is 23.9 Å². The standard InChI is InChI=1S/C23H20ClFN4O7S/c1-35-15-10-11-19(21(12-15)36-2)28(37(33,34)22-9-4-3-8-20(22)29(31)32)14-23(30)27-26-13-16-17(24)6-5-7-18(16)25/h3-13H,14H2,1-2H3,(H,27,30)/b26-13-. The van der Waals surface area contributed by atoms with Gasteiger partial charge in [0.15, 0.2) is 4.90 Å². The molecule has 0 aliphatic carbocycles. The first-order valence-corrected chi connectivity index (χ1v) is 12.2. The van der Waals surface area contributed by atoms with E-state index in [-0.39, 0.29) is 22.0 Å². The molecule has 1 amide bonds. The van der Waals surface area contributed by atoms with Crippen molar-refractivity contribution in [2.24, 2.45) is 5.10 Å². The summed E-state index contributed by atoms with van der Waals surface area (Å²) >= 11 is 5.92. The van der Waals surface area contributed by atoms with Crippen molar-refractivity contribution in [3.8, 4) is 11.5 Å². The van der Waals surface area contributed by atoms with Gasteiger partial charge in [-0.3, -0.25) is 19.2 Å². The number of sulfonamides is 1. The molecule has 11 nitrogen and oxygen atoms in total. The van der Waals surface area contributed by atoms with E-state index in [4.69, 9.17) is 21.1 Å². The zero-order chi connectivity index (χ0) is 27.2. The summed E-state index contributed by atoms with van der Waals surface area (Å²) in [7, 11) is -2.02. The molecular formula is C23H20ClFN4O7S. The average Bonchev–Trinajstić information content (AvgIpc) is 2.88. The fourth-order valence-electron chi connectivity index (χ4n) is 3.20. The molecule has 0 aliphatic heterocycles. The Morgan fingerprint density at radius 1 is 1.16 bits per heavy atom. The summed E-state index contributed by atoms with van der Waals surface area (Å²) in [4.78, 5) is 22.8. The van der Waals surface area contributed by atoms with Crippen LogP contribution in [0.15, 0.2) is 70.7 Å². The van der Waals surface area contributed by atoms with E-state index in [9.17, 15) is 27.7 Å². The predicted octanol–water partition coefficient (Wildman–Crippen LogP) is 3.75. The number of nitrogens with one attached hydrogen (secondary N) is 1. The number of hydrazone groups is 1. The molecule has 0 atom stereocenters. The van der Waals surface area contributed by atoms with Crippen LogP contribution in [0.4, 0.5) is 15.8 Å². The van der Waals surface area contributed by atoms with Crippen LogP contribution in [-0.4, -0.2) is 46.2 Å². The van der Waals surface area contributed by atoms with Crippen LogP contribution >= 0.6 is 11.6 Å². The van der Waals surface area contributed by atoms with Gasteiger partial charge in [-0.15, -0.1) is 0 Å². The Kier molecular flexibility index (Phi) is 8.63. The highest BCUT2D eigenvalue weighted by Gasteiger charge is 2.34. The number of nitro benzene ring substituents is 1. The number of carbonyl (C=O) groups excluding carboxylic acids is 1. The maximum atomic E-state index is 13.9. The van der Waals surface area contributed by atoms with Crippen molar-refractivity contribution >= 4 is 45.1 Å². The number of hydrogen-bond acceptors (Lipinski definition) is 8. The Balaban J connectivity index is 2.03. The van der Waals surface area contributed by atoms with Crippen molar-refractivity contribution < 1.29 is 32.0 Å². The highest BCUT2D eigenvalue weighted by molar-refractivity contribution is 7.93. The summed E-state index contributed by atoms with van der Waals surface area (Å²) < 4.78 is 52.3. The van der Waals surface area contributed by atoms with Gasteiger partial charge in [0.05, 0.1) is 36.1 Å². The third kappa shape index (κ3) is 6.13. The zero-order valence-electron chi connectivity index (χ0n) is 19.4. The predicted molar refractivity (Wildman–Crippen MR) is 134 cm³/mol. The number of methoxy groups -OCH3 is 2. The molecule has 37 heavy (non-hydrogen) atoms. The van der Waals surface area contributed by atoms with E-state index in [0.29, 0.717) is 10.1 Å². The third-order valence-corrected chi connectivity index (χ3v) is 7.09. The Hall–Kier alpha value is -4.23. The third-order valence-electron chi connectivity index (χ3n) is 4.96. The van der Waals surface area contributed by atoms with Crippen molar-refractivity contribution in [3.63, 3.8) is 0 Å². The molecule has 0 heterocycles. The van der Waals surface area contributed by atoms with E-state index in [0.717, 1.165) is 24.4 Å². The van der Waals surface area contributed by atoms with Gasteiger partial charge in [0.25, 0.3) is 21.6 Å². The topological polar surface area (TPSA) is 140 Å². The van der Waals surface area contributed by atoms with E-state index >= 15 is 0 Å². The number of nitro groups is 1. The van der Waals surface area contributed by atoms with Crippen LogP contribution in [0.3, 0.4) is 0 Å². The Labute approximate surface area is 216 Å². The number of para-hydroxylation sites is 1. The van der Waals surface area contributed by atoms with Crippen LogP contribution in [0, 0.1) is 15.9 Å². The monoisotopic (exact) mass is 550 g/mol. The van der Waals surface area contributed by atoms with Gasteiger partial charge in [-0.25, -0.2) is 18.2 Å². The number of hydrogen-bond donors (Lipinski definition) is 1. The molecule has 3 aromatic rings. The molecule has 3 rings (SSSR count). The summed E-state index contributed by atoms with van der Waals surface area (Å²) in [5, 5.41) is 15.2. The van der Waals surface area contributed by atoms with Gasteiger partial charge in [0, 0.05) is 17.7 Å². The van der Waals surface area contributed by atoms with Crippen LogP contribution in [0.2, 0.25) is 5.02 Å². The van der Waals surface area contributed by atoms with Crippen molar-refractivity contribution in [2.75, 3.05) is 25.1 Å².